The number of anilines is 2. The molecular weight excluding hydrogens is 260 g/mol. The third kappa shape index (κ3) is 2.92. The lowest BCUT2D eigenvalue weighted by molar-refractivity contribution is 0.102. The first-order valence-corrected chi connectivity index (χ1v) is 7.39. The molecule has 0 saturated carbocycles. The third-order valence-corrected chi connectivity index (χ3v) is 3.80. The van der Waals surface area contributed by atoms with Crippen LogP contribution in [-0.4, -0.2) is 12.5 Å². The minimum absolute atomic E-state index is 0.0498. The van der Waals surface area contributed by atoms with E-state index in [4.69, 9.17) is 0 Å². The van der Waals surface area contributed by atoms with Crippen molar-refractivity contribution in [3.8, 4) is 0 Å². The van der Waals surface area contributed by atoms with Crippen LogP contribution in [0.2, 0.25) is 0 Å². The minimum atomic E-state index is -0.0498. The van der Waals surface area contributed by atoms with Crippen molar-refractivity contribution in [3.05, 3.63) is 58.7 Å². The molecule has 0 aromatic heterocycles. The zero-order valence-corrected chi connectivity index (χ0v) is 12.5. The molecule has 3 nitrogen and oxygen atoms in total. The van der Waals surface area contributed by atoms with Crippen LogP contribution in [0.25, 0.3) is 0 Å². The second-order valence-corrected chi connectivity index (χ2v) is 5.70. The molecule has 0 fully saturated rings. The Labute approximate surface area is 125 Å². The quantitative estimate of drug-likeness (QED) is 0.875. The molecule has 0 spiro atoms. The predicted molar refractivity (Wildman–Crippen MR) is 87.1 cm³/mol. The Bertz CT molecular complexity index is 671. The number of para-hydroxylation sites is 1. The molecular formula is C18H20N2O. The van der Waals surface area contributed by atoms with E-state index in [-0.39, 0.29) is 5.91 Å². The molecule has 0 aliphatic carbocycles. The molecule has 108 valence electrons. The van der Waals surface area contributed by atoms with Gasteiger partial charge in [-0.25, -0.2) is 0 Å². The number of amides is 1. The van der Waals surface area contributed by atoms with Crippen LogP contribution in [-0.2, 0) is 6.42 Å². The monoisotopic (exact) mass is 280 g/mol. The van der Waals surface area contributed by atoms with Crippen LogP contribution >= 0.6 is 0 Å². The molecule has 3 rings (SSSR count). The SMILES string of the molecule is Cc1cc(C)cc(NC(=O)c2cccc3c2NCCC3)c1. The lowest BCUT2D eigenvalue weighted by Gasteiger charge is -2.20. The summed E-state index contributed by atoms with van der Waals surface area (Å²) in [6.07, 6.45) is 2.15. The van der Waals surface area contributed by atoms with Crippen molar-refractivity contribution in [1.82, 2.24) is 0 Å². The van der Waals surface area contributed by atoms with Gasteiger partial charge in [0.1, 0.15) is 0 Å². The molecule has 2 N–H and O–H groups in total. The lowest BCUT2D eigenvalue weighted by atomic mass is 9.99. The van der Waals surface area contributed by atoms with E-state index in [0.29, 0.717) is 0 Å². The molecule has 2 aromatic carbocycles. The van der Waals surface area contributed by atoms with Crippen molar-refractivity contribution in [2.45, 2.75) is 26.7 Å². The largest absolute Gasteiger partial charge is 0.384 e. The van der Waals surface area contributed by atoms with Gasteiger partial charge in [0.15, 0.2) is 0 Å². The van der Waals surface area contributed by atoms with Crippen LogP contribution in [0.1, 0.15) is 33.5 Å². The van der Waals surface area contributed by atoms with E-state index in [2.05, 4.69) is 22.8 Å². The molecule has 2 aromatic rings. The molecule has 1 aliphatic rings. The maximum absolute atomic E-state index is 12.6. The summed E-state index contributed by atoms with van der Waals surface area (Å²) in [7, 11) is 0. The maximum atomic E-state index is 12.6. The molecule has 0 saturated heterocycles. The highest BCUT2D eigenvalue weighted by atomic mass is 16.1. The number of rotatable bonds is 2. The van der Waals surface area contributed by atoms with Crippen LogP contribution in [0.4, 0.5) is 11.4 Å². The Morgan fingerprint density at radius 1 is 1.14 bits per heavy atom. The highest BCUT2D eigenvalue weighted by molar-refractivity contribution is 6.08. The average Bonchev–Trinajstić information content (AvgIpc) is 2.45. The summed E-state index contributed by atoms with van der Waals surface area (Å²) in [5, 5.41) is 6.37. The Balaban J connectivity index is 1.89. The first-order chi connectivity index (χ1) is 10.1. The van der Waals surface area contributed by atoms with Gasteiger partial charge in [0.2, 0.25) is 0 Å². The van der Waals surface area contributed by atoms with Gasteiger partial charge in [0, 0.05) is 12.2 Å². The van der Waals surface area contributed by atoms with Crippen molar-refractivity contribution >= 4 is 17.3 Å². The van der Waals surface area contributed by atoms with Gasteiger partial charge in [0.25, 0.3) is 5.91 Å². The number of nitrogens with one attached hydrogen (secondary N) is 2. The third-order valence-electron chi connectivity index (χ3n) is 3.80. The number of fused-ring (bicyclic) bond motifs is 1. The predicted octanol–water partition coefficient (Wildman–Crippen LogP) is 3.91. The molecule has 1 aliphatic heterocycles. The summed E-state index contributed by atoms with van der Waals surface area (Å²) in [6.45, 7) is 5.00. The van der Waals surface area contributed by atoms with E-state index < -0.39 is 0 Å². The molecule has 21 heavy (non-hydrogen) atoms. The summed E-state index contributed by atoms with van der Waals surface area (Å²) in [4.78, 5) is 12.6. The fourth-order valence-electron chi connectivity index (χ4n) is 2.94. The van der Waals surface area contributed by atoms with Crippen molar-refractivity contribution in [3.63, 3.8) is 0 Å². The number of carbonyl (C=O) groups excluding carboxylic acids is 1. The molecule has 0 atom stereocenters. The van der Waals surface area contributed by atoms with Crippen molar-refractivity contribution in [2.75, 3.05) is 17.2 Å². The zero-order valence-electron chi connectivity index (χ0n) is 12.5. The highest BCUT2D eigenvalue weighted by Gasteiger charge is 2.17. The average molecular weight is 280 g/mol. The number of hydrogen-bond donors (Lipinski definition) is 2. The standard InChI is InChI=1S/C18H20N2O/c1-12-9-13(2)11-15(10-12)20-18(21)16-7-3-5-14-6-4-8-19-17(14)16/h3,5,7,9-11,19H,4,6,8H2,1-2H3,(H,20,21). The van der Waals surface area contributed by atoms with Crippen molar-refractivity contribution in [2.24, 2.45) is 0 Å². The van der Waals surface area contributed by atoms with E-state index in [1.807, 2.05) is 38.1 Å². The van der Waals surface area contributed by atoms with Crippen LogP contribution < -0.4 is 10.6 Å². The molecule has 1 heterocycles. The molecule has 1 amide bonds. The number of carbonyl (C=O) groups is 1. The van der Waals surface area contributed by atoms with Gasteiger partial charge in [-0.2, -0.15) is 0 Å². The summed E-state index contributed by atoms with van der Waals surface area (Å²) >= 11 is 0. The van der Waals surface area contributed by atoms with Gasteiger partial charge in [-0.05, 0) is 61.6 Å². The van der Waals surface area contributed by atoms with Gasteiger partial charge in [-0.15, -0.1) is 0 Å². The van der Waals surface area contributed by atoms with Crippen LogP contribution in [0.5, 0.6) is 0 Å². The number of hydrogen-bond acceptors (Lipinski definition) is 2. The van der Waals surface area contributed by atoms with Gasteiger partial charge >= 0.3 is 0 Å². The van der Waals surface area contributed by atoms with Gasteiger partial charge in [0.05, 0.1) is 11.3 Å². The summed E-state index contributed by atoms with van der Waals surface area (Å²) in [5.41, 5.74) is 6.11. The molecule has 3 heteroatoms. The maximum Gasteiger partial charge on any atom is 0.257 e. The van der Waals surface area contributed by atoms with E-state index in [1.165, 1.54) is 5.56 Å². The smallest absolute Gasteiger partial charge is 0.257 e. The Morgan fingerprint density at radius 2 is 1.90 bits per heavy atom. The fourth-order valence-corrected chi connectivity index (χ4v) is 2.94. The zero-order chi connectivity index (χ0) is 14.8. The van der Waals surface area contributed by atoms with Crippen LogP contribution in [0.3, 0.4) is 0 Å². The van der Waals surface area contributed by atoms with Gasteiger partial charge < -0.3 is 10.6 Å². The highest BCUT2D eigenvalue weighted by Crippen LogP contribution is 2.27. The number of benzene rings is 2. The molecule has 0 unspecified atom stereocenters. The minimum Gasteiger partial charge on any atom is -0.384 e. The normalized spacial score (nSPS) is 13.2. The summed E-state index contributed by atoms with van der Waals surface area (Å²) in [6, 6.07) is 12.0. The van der Waals surface area contributed by atoms with E-state index in [1.54, 1.807) is 0 Å². The topological polar surface area (TPSA) is 41.1 Å². The van der Waals surface area contributed by atoms with Crippen LogP contribution in [0, 0.1) is 13.8 Å². The van der Waals surface area contributed by atoms with E-state index in [9.17, 15) is 4.79 Å². The van der Waals surface area contributed by atoms with Gasteiger partial charge in [-0.3, -0.25) is 4.79 Å². The summed E-state index contributed by atoms with van der Waals surface area (Å²) < 4.78 is 0. The first-order valence-electron chi connectivity index (χ1n) is 7.39. The number of aryl methyl sites for hydroxylation is 3. The van der Waals surface area contributed by atoms with E-state index in [0.717, 1.165) is 47.5 Å². The molecule has 0 bridgehead atoms. The Hall–Kier alpha value is -2.29. The van der Waals surface area contributed by atoms with Crippen molar-refractivity contribution < 1.29 is 4.79 Å². The second kappa shape index (κ2) is 5.60. The molecule has 0 radical (unpaired) electrons. The summed E-state index contributed by atoms with van der Waals surface area (Å²) in [5.74, 6) is -0.0498. The fraction of sp³-hybridized carbons (Fsp3) is 0.278. The lowest BCUT2D eigenvalue weighted by Crippen LogP contribution is -2.19. The van der Waals surface area contributed by atoms with Gasteiger partial charge in [-0.1, -0.05) is 18.2 Å². The van der Waals surface area contributed by atoms with E-state index >= 15 is 0 Å². The first kappa shape index (κ1) is 13.7. The Morgan fingerprint density at radius 3 is 2.67 bits per heavy atom. The Kier molecular flexibility index (Phi) is 3.65. The van der Waals surface area contributed by atoms with Crippen LogP contribution in [0.15, 0.2) is 36.4 Å². The van der Waals surface area contributed by atoms with Crippen molar-refractivity contribution in [1.29, 1.82) is 0 Å². The second-order valence-electron chi connectivity index (χ2n) is 5.70.